The van der Waals surface area contributed by atoms with Gasteiger partial charge in [0.2, 0.25) is 11.8 Å². The molecule has 1 unspecified atom stereocenters. The summed E-state index contributed by atoms with van der Waals surface area (Å²) < 4.78 is 15.5. The predicted octanol–water partition coefficient (Wildman–Crippen LogP) is 2.80. The van der Waals surface area contributed by atoms with Gasteiger partial charge in [0.05, 0.1) is 0 Å². The number of imidazole rings is 1. The molecular weight excluding hydrogens is 347 g/mol. The largest absolute Gasteiger partial charge is 0.343 e. The maximum absolute atomic E-state index is 13.7. The minimum Gasteiger partial charge on any atom is -0.343 e. The topological polar surface area (TPSA) is 67.2 Å². The number of aryl methyl sites for hydroxylation is 1. The summed E-state index contributed by atoms with van der Waals surface area (Å²) in [4.78, 5) is 30.5. The van der Waals surface area contributed by atoms with Gasteiger partial charge in [0.25, 0.3) is 0 Å². The number of nitrogens with one attached hydrogen (secondary N) is 1. The zero-order valence-electron chi connectivity index (χ0n) is 16.1. The number of hydrogen-bond donors (Lipinski definition) is 1. The summed E-state index contributed by atoms with van der Waals surface area (Å²) in [5.41, 5.74) is 0.622. The Bertz CT molecular complexity index is 771. The van der Waals surface area contributed by atoms with Crippen molar-refractivity contribution in [2.75, 3.05) is 13.1 Å². The number of aromatic nitrogens is 2. The Kier molecular flexibility index (Phi) is 7.52. The van der Waals surface area contributed by atoms with E-state index in [1.165, 1.54) is 12.1 Å². The molecule has 0 radical (unpaired) electrons. The molecule has 0 aliphatic rings. The molecular formula is C20H27FN4O2. The zero-order valence-corrected chi connectivity index (χ0v) is 16.1. The molecule has 1 aromatic heterocycles. The van der Waals surface area contributed by atoms with E-state index >= 15 is 0 Å². The van der Waals surface area contributed by atoms with Crippen molar-refractivity contribution in [3.8, 4) is 0 Å². The fraction of sp³-hybridized carbons (Fsp3) is 0.450. The van der Waals surface area contributed by atoms with E-state index in [1.807, 2.05) is 20.9 Å². The van der Waals surface area contributed by atoms with Gasteiger partial charge in [0.1, 0.15) is 17.7 Å². The highest BCUT2D eigenvalue weighted by atomic mass is 19.1. The maximum Gasteiger partial charge on any atom is 0.222 e. The molecule has 7 heteroatoms. The van der Waals surface area contributed by atoms with Gasteiger partial charge >= 0.3 is 0 Å². The van der Waals surface area contributed by atoms with Crippen LogP contribution in [0.4, 0.5) is 4.39 Å². The van der Waals surface area contributed by atoms with Crippen molar-refractivity contribution in [1.82, 2.24) is 19.8 Å². The molecule has 0 fully saturated rings. The fourth-order valence-corrected chi connectivity index (χ4v) is 3.01. The minimum absolute atomic E-state index is 0.0542. The smallest absolute Gasteiger partial charge is 0.222 e. The van der Waals surface area contributed by atoms with Crippen molar-refractivity contribution in [3.63, 3.8) is 0 Å². The second-order valence-corrected chi connectivity index (χ2v) is 6.37. The lowest BCUT2D eigenvalue weighted by atomic mass is 10.1. The number of amides is 2. The lowest BCUT2D eigenvalue weighted by Crippen LogP contribution is -2.32. The summed E-state index contributed by atoms with van der Waals surface area (Å²) in [6.07, 6.45) is 4.44. The van der Waals surface area contributed by atoms with E-state index in [-0.39, 0.29) is 24.1 Å². The number of nitrogens with zero attached hydrogens (tertiary/aromatic N) is 3. The Balaban J connectivity index is 2.02. The molecule has 6 nitrogen and oxygen atoms in total. The first-order valence-electron chi connectivity index (χ1n) is 9.26. The maximum atomic E-state index is 13.7. The molecule has 1 N–H and O–H groups in total. The SMILES string of the molecule is CCN(CC)C(=O)CCCC(=O)NC(c1cccc(F)c1)c1nccn1C. The van der Waals surface area contributed by atoms with Crippen molar-refractivity contribution in [1.29, 1.82) is 0 Å². The van der Waals surface area contributed by atoms with Gasteiger partial charge in [-0.3, -0.25) is 9.59 Å². The van der Waals surface area contributed by atoms with Gasteiger partial charge in [-0.2, -0.15) is 0 Å². The van der Waals surface area contributed by atoms with E-state index in [9.17, 15) is 14.0 Å². The highest BCUT2D eigenvalue weighted by Gasteiger charge is 2.21. The van der Waals surface area contributed by atoms with Crippen LogP contribution in [-0.2, 0) is 16.6 Å². The van der Waals surface area contributed by atoms with Gasteiger partial charge in [0.15, 0.2) is 0 Å². The Morgan fingerprint density at radius 3 is 2.59 bits per heavy atom. The summed E-state index contributed by atoms with van der Waals surface area (Å²) in [5, 5.41) is 2.92. The molecule has 1 atom stereocenters. The second-order valence-electron chi connectivity index (χ2n) is 6.37. The second kappa shape index (κ2) is 9.85. The highest BCUT2D eigenvalue weighted by Crippen LogP contribution is 2.21. The van der Waals surface area contributed by atoms with Crippen molar-refractivity contribution in [2.45, 2.75) is 39.2 Å². The predicted molar refractivity (Wildman–Crippen MR) is 101 cm³/mol. The average Bonchev–Trinajstić information content (AvgIpc) is 3.06. The first-order chi connectivity index (χ1) is 13.0. The molecule has 0 aliphatic heterocycles. The van der Waals surface area contributed by atoms with E-state index in [0.717, 1.165) is 0 Å². The zero-order chi connectivity index (χ0) is 19.8. The van der Waals surface area contributed by atoms with Gasteiger partial charge in [-0.1, -0.05) is 12.1 Å². The Hall–Kier alpha value is -2.70. The molecule has 0 saturated heterocycles. The number of hydrogen-bond acceptors (Lipinski definition) is 3. The summed E-state index contributed by atoms with van der Waals surface area (Å²) >= 11 is 0. The molecule has 1 heterocycles. The molecule has 0 saturated carbocycles. The van der Waals surface area contributed by atoms with Gasteiger partial charge in [-0.15, -0.1) is 0 Å². The van der Waals surface area contributed by atoms with Crippen LogP contribution < -0.4 is 5.32 Å². The quantitative estimate of drug-likeness (QED) is 0.734. The van der Waals surface area contributed by atoms with Crippen LogP contribution in [0.3, 0.4) is 0 Å². The van der Waals surface area contributed by atoms with Crippen molar-refractivity contribution < 1.29 is 14.0 Å². The summed E-state index contributed by atoms with van der Waals surface area (Å²) in [6.45, 7) is 5.21. The van der Waals surface area contributed by atoms with Crippen LogP contribution in [-0.4, -0.2) is 39.4 Å². The number of benzene rings is 1. The van der Waals surface area contributed by atoms with Crippen LogP contribution in [0, 0.1) is 5.82 Å². The highest BCUT2D eigenvalue weighted by molar-refractivity contribution is 5.79. The van der Waals surface area contributed by atoms with Gasteiger partial charge in [0, 0.05) is 45.4 Å². The molecule has 146 valence electrons. The van der Waals surface area contributed by atoms with Crippen LogP contribution in [0.1, 0.15) is 50.5 Å². The summed E-state index contributed by atoms with van der Waals surface area (Å²) in [7, 11) is 1.82. The number of rotatable bonds is 9. The van der Waals surface area contributed by atoms with Gasteiger partial charge in [-0.05, 0) is 38.0 Å². The van der Waals surface area contributed by atoms with Gasteiger partial charge in [-0.25, -0.2) is 9.37 Å². The molecule has 0 aliphatic carbocycles. The van der Waals surface area contributed by atoms with Crippen LogP contribution in [0.2, 0.25) is 0 Å². The van der Waals surface area contributed by atoms with Crippen LogP contribution >= 0.6 is 0 Å². The van der Waals surface area contributed by atoms with Crippen LogP contribution in [0.5, 0.6) is 0 Å². The number of halogens is 1. The van der Waals surface area contributed by atoms with E-state index in [4.69, 9.17) is 0 Å². The Morgan fingerprint density at radius 2 is 2.00 bits per heavy atom. The molecule has 2 rings (SSSR count). The lowest BCUT2D eigenvalue weighted by molar-refractivity contribution is -0.131. The van der Waals surface area contributed by atoms with Crippen molar-refractivity contribution in [3.05, 3.63) is 53.9 Å². The molecule has 2 amide bonds. The first-order valence-corrected chi connectivity index (χ1v) is 9.26. The summed E-state index contributed by atoms with van der Waals surface area (Å²) in [5.74, 6) is 0.108. The van der Waals surface area contributed by atoms with Crippen LogP contribution in [0.25, 0.3) is 0 Å². The standard InChI is InChI=1S/C20H27FN4O2/c1-4-25(5-2)18(27)11-7-10-17(26)23-19(20-22-12-13-24(20)3)15-8-6-9-16(21)14-15/h6,8-9,12-14,19H,4-5,7,10-11H2,1-3H3,(H,23,26). The fourth-order valence-electron chi connectivity index (χ4n) is 3.01. The third kappa shape index (κ3) is 5.64. The van der Waals surface area contributed by atoms with Crippen molar-refractivity contribution >= 4 is 11.8 Å². The van der Waals surface area contributed by atoms with Crippen LogP contribution in [0.15, 0.2) is 36.7 Å². The first kappa shape index (κ1) is 20.6. The van der Waals surface area contributed by atoms with Gasteiger partial charge < -0.3 is 14.8 Å². The summed E-state index contributed by atoms with van der Waals surface area (Å²) in [6, 6.07) is 5.57. The Labute approximate surface area is 159 Å². The molecule has 0 bridgehead atoms. The van der Waals surface area contributed by atoms with E-state index in [1.54, 1.807) is 34.0 Å². The minimum atomic E-state index is -0.549. The Morgan fingerprint density at radius 1 is 1.26 bits per heavy atom. The molecule has 27 heavy (non-hydrogen) atoms. The molecule has 0 spiro atoms. The third-order valence-electron chi connectivity index (χ3n) is 4.51. The molecule has 2 aromatic rings. The normalized spacial score (nSPS) is 11.9. The van der Waals surface area contributed by atoms with Crippen molar-refractivity contribution in [2.24, 2.45) is 7.05 Å². The molecule has 1 aromatic carbocycles. The average molecular weight is 374 g/mol. The monoisotopic (exact) mass is 374 g/mol. The van der Waals surface area contributed by atoms with E-state index in [2.05, 4.69) is 10.3 Å². The lowest BCUT2D eigenvalue weighted by Gasteiger charge is -2.20. The van der Waals surface area contributed by atoms with E-state index in [0.29, 0.717) is 37.3 Å². The third-order valence-corrected chi connectivity index (χ3v) is 4.51. The van der Waals surface area contributed by atoms with E-state index < -0.39 is 6.04 Å². The number of carbonyl (C=O) groups is 2. The number of carbonyl (C=O) groups excluding carboxylic acids is 2.